The molecule has 0 aliphatic heterocycles. The van der Waals surface area contributed by atoms with E-state index in [1.165, 1.54) is 6.33 Å². The highest BCUT2D eigenvalue weighted by atomic mass is 127. The van der Waals surface area contributed by atoms with Crippen molar-refractivity contribution in [3.8, 4) is 5.75 Å². The number of aryl methyl sites for hydroxylation is 1. The highest BCUT2D eigenvalue weighted by Gasteiger charge is 2.01. The molecule has 0 aliphatic rings. The van der Waals surface area contributed by atoms with E-state index in [0.29, 0.717) is 13.2 Å². The van der Waals surface area contributed by atoms with Gasteiger partial charge in [-0.25, -0.2) is 9.98 Å². The summed E-state index contributed by atoms with van der Waals surface area (Å²) in [5.74, 6) is 2.50. The first-order chi connectivity index (χ1) is 11.3. The van der Waals surface area contributed by atoms with Crippen LogP contribution in [0.5, 0.6) is 5.75 Å². The molecule has 0 unspecified atom stereocenters. The maximum absolute atomic E-state index is 5.66. The third-order valence-corrected chi connectivity index (χ3v) is 3.15. The normalized spacial score (nSPS) is 10.8. The van der Waals surface area contributed by atoms with Crippen LogP contribution < -0.4 is 15.4 Å². The number of aliphatic imine (C=N–C) groups is 1. The summed E-state index contributed by atoms with van der Waals surface area (Å²) in [4.78, 5) is 8.66. The SMILES string of the molecule is CCNC(=NCc1ncnn1C)NCCCOc1ccccc1.I. The number of nitrogens with zero attached hydrogens (tertiary/aromatic N) is 4. The minimum absolute atomic E-state index is 0. The van der Waals surface area contributed by atoms with E-state index in [1.807, 2.05) is 44.3 Å². The van der Waals surface area contributed by atoms with Crippen LogP contribution in [0.2, 0.25) is 0 Å². The van der Waals surface area contributed by atoms with Crippen molar-refractivity contribution >= 4 is 29.9 Å². The van der Waals surface area contributed by atoms with Gasteiger partial charge in [0.1, 0.15) is 24.4 Å². The van der Waals surface area contributed by atoms with Crippen molar-refractivity contribution in [2.45, 2.75) is 19.9 Å². The number of benzene rings is 1. The Morgan fingerprint density at radius 1 is 1.25 bits per heavy atom. The minimum atomic E-state index is 0. The fraction of sp³-hybridized carbons (Fsp3) is 0.438. The molecule has 0 saturated heterocycles. The molecule has 0 saturated carbocycles. The van der Waals surface area contributed by atoms with Gasteiger partial charge in [-0.05, 0) is 25.5 Å². The molecule has 1 aromatic carbocycles. The van der Waals surface area contributed by atoms with Crippen LogP contribution in [0.15, 0.2) is 41.7 Å². The molecule has 0 amide bonds. The molecule has 1 aromatic heterocycles. The van der Waals surface area contributed by atoms with Gasteiger partial charge in [0.2, 0.25) is 0 Å². The number of ether oxygens (including phenoxy) is 1. The molecule has 8 heteroatoms. The molecule has 1 heterocycles. The highest BCUT2D eigenvalue weighted by molar-refractivity contribution is 14.0. The van der Waals surface area contributed by atoms with E-state index >= 15 is 0 Å². The molecule has 2 aromatic rings. The lowest BCUT2D eigenvalue weighted by molar-refractivity contribution is 0.311. The van der Waals surface area contributed by atoms with Crippen LogP contribution in [0.25, 0.3) is 0 Å². The zero-order chi connectivity index (χ0) is 16.3. The first-order valence-corrected chi connectivity index (χ1v) is 7.82. The number of hydrogen-bond acceptors (Lipinski definition) is 4. The number of hydrogen-bond donors (Lipinski definition) is 2. The fourth-order valence-corrected chi connectivity index (χ4v) is 1.94. The van der Waals surface area contributed by atoms with Gasteiger partial charge in [0.15, 0.2) is 5.96 Å². The van der Waals surface area contributed by atoms with E-state index in [4.69, 9.17) is 4.74 Å². The van der Waals surface area contributed by atoms with Crippen molar-refractivity contribution in [2.24, 2.45) is 12.0 Å². The van der Waals surface area contributed by atoms with Crippen LogP contribution in [-0.4, -0.2) is 40.4 Å². The van der Waals surface area contributed by atoms with Gasteiger partial charge in [-0.15, -0.1) is 24.0 Å². The average molecular weight is 444 g/mol. The van der Waals surface area contributed by atoms with Crippen LogP contribution in [0.3, 0.4) is 0 Å². The van der Waals surface area contributed by atoms with Gasteiger partial charge in [-0.1, -0.05) is 18.2 Å². The predicted molar refractivity (Wildman–Crippen MR) is 106 cm³/mol. The molecular weight excluding hydrogens is 419 g/mol. The van der Waals surface area contributed by atoms with Crippen molar-refractivity contribution in [1.82, 2.24) is 25.4 Å². The summed E-state index contributed by atoms with van der Waals surface area (Å²) < 4.78 is 7.38. The maximum atomic E-state index is 5.66. The van der Waals surface area contributed by atoms with Crippen molar-refractivity contribution in [1.29, 1.82) is 0 Å². The lowest BCUT2D eigenvalue weighted by Gasteiger charge is -2.11. The molecule has 0 aliphatic carbocycles. The Labute approximate surface area is 159 Å². The molecule has 0 radical (unpaired) electrons. The topological polar surface area (TPSA) is 76.4 Å². The number of para-hydroxylation sites is 1. The summed E-state index contributed by atoms with van der Waals surface area (Å²) in [5, 5.41) is 10.5. The zero-order valence-corrected chi connectivity index (χ0v) is 16.4. The summed E-state index contributed by atoms with van der Waals surface area (Å²) >= 11 is 0. The van der Waals surface area contributed by atoms with Crippen molar-refractivity contribution < 1.29 is 4.74 Å². The number of halogens is 1. The quantitative estimate of drug-likeness (QED) is 0.282. The second-order valence-corrected chi connectivity index (χ2v) is 4.94. The van der Waals surface area contributed by atoms with E-state index in [2.05, 4.69) is 25.7 Å². The number of aromatic nitrogens is 3. The van der Waals surface area contributed by atoms with Gasteiger partial charge in [0, 0.05) is 20.1 Å². The summed E-state index contributed by atoms with van der Waals surface area (Å²) in [6, 6.07) is 9.83. The van der Waals surface area contributed by atoms with Gasteiger partial charge < -0.3 is 15.4 Å². The Morgan fingerprint density at radius 3 is 2.71 bits per heavy atom. The van der Waals surface area contributed by atoms with Crippen molar-refractivity contribution in [2.75, 3.05) is 19.7 Å². The zero-order valence-electron chi connectivity index (χ0n) is 14.1. The van der Waals surface area contributed by atoms with E-state index in [0.717, 1.165) is 37.0 Å². The standard InChI is InChI=1S/C16H24N6O.HI/c1-3-17-16(19-12-15-20-13-21-22(15)2)18-10-7-11-23-14-8-5-4-6-9-14;/h4-6,8-9,13H,3,7,10-12H2,1-2H3,(H2,17,18,19);1H. The molecule has 2 N–H and O–H groups in total. The van der Waals surface area contributed by atoms with Crippen LogP contribution in [-0.2, 0) is 13.6 Å². The predicted octanol–water partition coefficient (Wildman–Crippen LogP) is 1.96. The first kappa shape index (κ1) is 20.2. The van der Waals surface area contributed by atoms with Crippen LogP contribution in [0.1, 0.15) is 19.2 Å². The van der Waals surface area contributed by atoms with E-state index < -0.39 is 0 Å². The van der Waals surface area contributed by atoms with Gasteiger partial charge in [0.05, 0.1) is 6.61 Å². The Balaban J connectivity index is 0.00000288. The third-order valence-electron chi connectivity index (χ3n) is 3.15. The van der Waals surface area contributed by atoms with Crippen LogP contribution >= 0.6 is 24.0 Å². The third kappa shape index (κ3) is 7.16. The lowest BCUT2D eigenvalue weighted by Crippen LogP contribution is -2.38. The molecule has 2 rings (SSSR count). The van der Waals surface area contributed by atoms with Gasteiger partial charge in [-0.2, -0.15) is 5.10 Å². The number of nitrogens with one attached hydrogen (secondary N) is 2. The fourth-order valence-electron chi connectivity index (χ4n) is 1.94. The molecule has 0 spiro atoms. The molecule has 0 bridgehead atoms. The second kappa shape index (κ2) is 11.7. The average Bonchev–Trinajstić information content (AvgIpc) is 2.98. The summed E-state index contributed by atoms with van der Waals surface area (Å²) in [7, 11) is 1.86. The Morgan fingerprint density at radius 2 is 2.04 bits per heavy atom. The monoisotopic (exact) mass is 444 g/mol. The summed E-state index contributed by atoms with van der Waals surface area (Å²) in [6.45, 7) is 4.80. The smallest absolute Gasteiger partial charge is 0.191 e. The maximum Gasteiger partial charge on any atom is 0.191 e. The van der Waals surface area contributed by atoms with Crippen molar-refractivity contribution in [3.05, 3.63) is 42.5 Å². The number of rotatable bonds is 8. The van der Waals surface area contributed by atoms with E-state index in [9.17, 15) is 0 Å². The summed E-state index contributed by atoms with van der Waals surface area (Å²) in [6.07, 6.45) is 2.43. The molecular formula is C16H25IN6O. The summed E-state index contributed by atoms with van der Waals surface area (Å²) in [5.41, 5.74) is 0. The second-order valence-electron chi connectivity index (χ2n) is 4.94. The highest BCUT2D eigenvalue weighted by Crippen LogP contribution is 2.07. The van der Waals surface area contributed by atoms with E-state index in [1.54, 1.807) is 4.68 Å². The number of guanidine groups is 1. The first-order valence-electron chi connectivity index (χ1n) is 7.82. The largest absolute Gasteiger partial charge is 0.494 e. The molecule has 0 fully saturated rings. The van der Waals surface area contributed by atoms with Gasteiger partial charge in [0.25, 0.3) is 0 Å². The Kier molecular flexibility index (Phi) is 9.81. The van der Waals surface area contributed by atoms with Gasteiger partial charge in [-0.3, -0.25) is 4.68 Å². The van der Waals surface area contributed by atoms with Crippen LogP contribution in [0.4, 0.5) is 0 Å². The Bertz CT molecular complexity index is 602. The van der Waals surface area contributed by atoms with Crippen molar-refractivity contribution in [3.63, 3.8) is 0 Å². The van der Waals surface area contributed by atoms with Gasteiger partial charge >= 0.3 is 0 Å². The minimum Gasteiger partial charge on any atom is -0.494 e. The lowest BCUT2D eigenvalue weighted by atomic mass is 10.3. The molecule has 24 heavy (non-hydrogen) atoms. The Hall–Kier alpha value is -1.84. The van der Waals surface area contributed by atoms with Crippen LogP contribution in [0, 0.1) is 0 Å². The van der Waals surface area contributed by atoms with E-state index in [-0.39, 0.29) is 24.0 Å². The molecule has 0 atom stereocenters. The molecule has 7 nitrogen and oxygen atoms in total. The molecule has 132 valence electrons.